The van der Waals surface area contributed by atoms with Gasteiger partial charge in [0.15, 0.2) is 0 Å². The molecule has 1 saturated heterocycles. The highest BCUT2D eigenvalue weighted by Crippen LogP contribution is 2.28. The van der Waals surface area contributed by atoms with Crippen LogP contribution in [0.25, 0.3) is 0 Å². The minimum Gasteiger partial charge on any atom is -0.495 e. The normalized spacial score (nSPS) is 15.0. The fourth-order valence-corrected chi connectivity index (χ4v) is 3.23. The van der Waals surface area contributed by atoms with Gasteiger partial charge in [-0.25, -0.2) is 4.79 Å². The van der Waals surface area contributed by atoms with Gasteiger partial charge in [-0.2, -0.15) is 5.26 Å². The van der Waals surface area contributed by atoms with Crippen LogP contribution in [0.3, 0.4) is 0 Å². The molecule has 0 spiro atoms. The number of anilines is 1. The number of nitriles is 1. The molecule has 3 amide bonds. The largest absolute Gasteiger partial charge is 0.495 e. The number of piperazine rings is 1. The van der Waals surface area contributed by atoms with Gasteiger partial charge in [-0.3, -0.25) is 4.79 Å². The molecule has 8 nitrogen and oxygen atoms in total. The number of hydrogen-bond acceptors (Lipinski definition) is 5. The fraction of sp³-hybridized carbons (Fsp3) is 0.550. The number of urea groups is 1. The smallest absolute Gasteiger partial charge is 0.318 e. The molecule has 1 aromatic carbocycles. The second-order valence-electron chi connectivity index (χ2n) is 7.15. The molecule has 0 radical (unpaired) electrons. The molecule has 0 aromatic heterocycles. The Morgan fingerprint density at radius 1 is 1.21 bits per heavy atom. The van der Waals surface area contributed by atoms with Crippen molar-refractivity contribution in [2.24, 2.45) is 5.92 Å². The van der Waals surface area contributed by atoms with Crippen LogP contribution in [-0.4, -0.2) is 62.7 Å². The van der Waals surface area contributed by atoms with Crippen LogP contribution in [0.5, 0.6) is 5.75 Å². The summed E-state index contributed by atoms with van der Waals surface area (Å²) >= 11 is 0. The van der Waals surface area contributed by atoms with Gasteiger partial charge < -0.3 is 25.2 Å². The number of hydrogen-bond donors (Lipinski definition) is 2. The Kier molecular flexibility index (Phi) is 7.93. The first-order valence-electron chi connectivity index (χ1n) is 9.54. The van der Waals surface area contributed by atoms with Crippen molar-refractivity contribution in [3.8, 4) is 11.8 Å². The second kappa shape index (κ2) is 10.4. The molecule has 0 unspecified atom stereocenters. The zero-order chi connectivity index (χ0) is 20.5. The topological polar surface area (TPSA) is 97.7 Å². The Hall–Kier alpha value is -2.95. The summed E-state index contributed by atoms with van der Waals surface area (Å²) in [7, 11) is 1.65. The molecular formula is C20H29N5O3. The van der Waals surface area contributed by atoms with Crippen LogP contribution >= 0.6 is 0 Å². The summed E-state index contributed by atoms with van der Waals surface area (Å²) < 4.78 is 5.42. The van der Waals surface area contributed by atoms with Crippen LogP contribution in [0.1, 0.15) is 20.3 Å². The third-order valence-corrected chi connectivity index (χ3v) is 4.66. The fourth-order valence-electron chi connectivity index (χ4n) is 3.23. The van der Waals surface area contributed by atoms with Gasteiger partial charge in [-0.1, -0.05) is 26.0 Å². The van der Waals surface area contributed by atoms with E-state index in [0.29, 0.717) is 32.6 Å². The molecule has 1 aliphatic heterocycles. The molecule has 1 fully saturated rings. The lowest BCUT2D eigenvalue weighted by Gasteiger charge is -2.37. The predicted octanol–water partition coefficient (Wildman–Crippen LogP) is 1.58. The second-order valence-corrected chi connectivity index (χ2v) is 7.15. The Morgan fingerprint density at radius 2 is 1.89 bits per heavy atom. The molecule has 8 heteroatoms. The maximum Gasteiger partial charge on any atom is 0.318 e. The van der Waals surface area contributed by atoms with E-state index in [0.717, 1.165) is 11.4 Å². The Bertz CT molecular complexity index is 708. The number of amides is 3. The number of nitrogens with zero attached hydrogens (tertiary/aromatic N) is 3. The molecule has 152 valence electrons. The number of nitrogens with one attached hydrogen (secondary N) is 2. The minimum atomic E-state index is -0.645. The van der Waals surface area contributed by atoms with Crippen molar-refractivity contribution in [2.45, 2.75) is 26.3 Å². The van der Waals surface area contributed by atoms with E-state index in [1.54, 1.807) is 12.0 Å². The summed E-state index contributed by atoms with van der Waals surface area (Å²) in [6.45, 7) is 6.38. The van der Waals surface area contributed by atoms with Gasteiger partial charge in [-0.15, -0.1) is 0 Å². The summed E-state index contributed by atoms with van der Waals surface area (Å²) in [4.78, 5) is 28.8. The summed E-state index contributed by atoms with van der Waals surface area (Å²) in [5.41, 5.74) is 1.01. The van der Waals surface area contributed by atoms with Crippen molar-refractivity contribution in [1.29, 1.82) is 5.26 Å². The SMILES string of the molecule is COc1ccccc1N1CCN(C(=O)N[C@@H](CC(C)C)C(=O)NCC#N)CC1. The molecule has 0 aliphatic carbocycles. The van der Waals surface area contributed by atoms with E-state index in [9.17, 15) is 9.59 Å². The quantitative estimate of drug-likeness (QED) is 0.693. The number of ether oxygens (including phenoxy) is 1. The van der Waals surface area contributed by atoms with E-state index < -0.39 is 6.04 Å². The molecule has 2 N–H and O–H groups in total. The van der Waals surface area contributed by atoms with E-state index >= 15 is 0 Å². The number of rotatable bonds is 7. The summed E-state index contributed by atoms with van der Waals surface area (Å²) in [6, 6.07) is 8.81. The van der Waals surface area contributed by atoms with Crippen LogP contribution in [0.2, 0.25) is 0 Å². The van der Waals surface area contributed by atoms with Crippen LogP contribution in [-0.2, 0) is 4.79 Å². The van der Waals surface area contributed by atoms with Gasteiger partial charge in [0.25, 0.3) is 0 Å². The first-order valence-corrected chi connectivity index (χ1v) is 9.54. The van der Waals surface area contributed by atoms with Crippen molar-refractivity contribution >= 4 is 17.6 Å². The lowest BCUT2D eigenvalue weighted by Crippen LogP contribution is -2.56. The van der Waals surface area contributed by atoms with E-state index in [-0.39, 0.29) is 24.4 Å². The van der Waals surface area contributed by atoms with Crippen LogP contribution in [0, 0.1) is 17.2 Å². The van der Waals surface area contributed by atoms with E-state index in [1.165, 1.54) is 0 Å². The average molecular weight is 387 g/mol. The highest BCUT2D eigenvalue weighted by Gasteiger charge is 2.27. The first kappa shape index (κ1) is 21.4. The standard InChI is InChI=1S/C20H29N5O3/c1-15(2)14-16(19(26)22-9-8-21)23-20(27)25-12-10-24(11-13-25)17-6-4-5-7-18(17)28-3/h4-7,15-16H,9-14H2,1-3H3,(H,22,26)(H,23,27)/t16-/m0/s1. The van der Waals surface area contributed by atoms with Crippen LogP contribution in [0.15, 0.2) is 24.3 Å². The molecule has 28 heavy (non-hydrogen) atoms. The lowest BCUT2D eigenvalue weighted by molar-refractivity contribution is -0.123. The van der Waals surface area contributed by atoms with Gasteiger partial charge in [0, 0.05) is 26.2 Å². The predicted molar refractivity (Wildman–Crippen MR) is 107 cm³/mol. The summed E-state index contributed by atoms with van der Waals surface area (Å²) in [6.07, 6.45) is 0.518. The van der Waals surface area contributed by atoms with E-state index in [1.807, 2.05) is 44.2 Å². The molecule has 1 heterocycles. The summed E-state index contributed by atoms with van der Waals surface area (Å²) in [5.74, 6) is 0.725. The van der Waals surface area contributed by atoms with Gasteiger partial charge >= 0.3 is 6.03 Å². The van der Waals surface area contributed by atoms with E-state index in [4.69, 9.17) is 10.00 Å². The van der Waals surface area contributed by atoms with Crippen molar-refractivity contribution in [3.63, 3.8) is 0 Å². The van der Waals surface area contributed by atoms with Crippen molar-refractivity contribution in [3.05, 3.63) is 24.3 Å². The molecule has 2 rings (SSSR count). The Labute approximate surface area is 166 Å². The van der Waals surface area contributed by atoms with Gasteiger partial charge in [0.05, 0.1) is 18.9 Å². The van der Waals surface area contributed by atoms with Gasteiger partial charge in [-0.05, 0) is 24.5 Å². The van der Waals surface area contributed by atoms with Crippen LogP contribution < -0.4 is 20.3 Å². The zero-order valence-electron chi connectivity index (χ0n) is 16.8. The van der Waals surface area contributed by atoms with E-state index in [2.05, 4.69) is 15.5 Å². The molecule has 1 aromatic rings. The molecular weight excluding hydrogens is 358 g/mol. The number of carbonyl (C=O) groups is 2. The first-order chi connectivity index (χ1) is 13.5. The maximum atomic E-state index is 12.7. The molecule has 0 bridgehead atoms. The number of para-hydroxylation sites is 2. The number of carbonyl (C=O) groups excluding carboxylic acids is 2. The minimum absolute atomic E-state index is 0.0686. The van der Waals surface area contributed by atoms with Crippen molar-refractivity contribution in [2.75, 3.05) is 44.7 Å². The number of methoxy groups -OCH3 is 1. The van der Waals surface area contributed by atoms with Crippen molar-refractivity contribution in [1.82, 2.24) is 15.5 Å². The highest BCUT2D eigenvalue weighted by molar-refractivity contribution is 5.87. The summed E-state index contributed by atoms with van der Waals surface area (Å²) in [5, 5.41) is 14.0. The number of benzene rings is 1. The van der Waals surface area contributed by atoms with Gasteiger partial charge in [0.2, 0.25) is 5.91 Å². The maximum absolute atomic E-state index is 12.7. The van der Waals surface area contributed by atoms with Crippen LogP contribution in [0.4, 0.5) is 10.5 Å². The average Bonchev–Trinajstić information content (AvgIpc) is 2.71. The van der Waals surface area contributed by atoms with Gasteiger partial charge in [0.1, 0.15) is 18.3 Å². The molecule has 1 aliphatic rings. The molecule has 1 atom stereocenters. The Morgan fingerprint density at radius 3 is 2.50 bits per heavy atom. The molecule has 0 saturated carbocycles. The third kappa shape index (κ3) is 5.78. The highest BCUT2D eigenvalue weighted by atomic mass is 16.5. The zero-order valence-corrected chi connectivity index (χ0v) is 16.8. The lowest BCUT2D eigenvalue weighted by atomic mass is 10.0. The Balaban J connectivity index is 1.94. The van der Waals surface area contributed by atoms with Crippen molar-refractivity contribution < 1.29 is 14.3 Å². The third-order valence-electron chi connectivity index (χ3n) is 4.66. The monoisotopic (exact) mass is 387 g/mol.